The Bertz CT molecular complexity index is 1060. The van der Waals surface area contributed by atoms with Crippen molar-refractivity contribution in [1.82, 2.24) is 25.1 Å². The predicted molar refractivity (Wildman–Crippen MR) is 130 cm³/mol. The van der Waals surface area contributed by atoms with E-state index in [1.54, 1.807) is 20.8 Å². The molecule has 3 amide bonds. The summed E-state index contributed by atoms with van der Waals surface area (Å²) in [5.74, 6) is -2.96. The van der Waals surface area contributed by atoms with Crippen LogP contribution >= 0.6 is 0 Å². The average Bonchev–Trinajstić information content (AvgIpc) is 2.81. The molecule has 0 bridgehead atoms. The van der Waals surface area contributed by atoms with Crippen LogP contribution in [0.1, 0.15) is 76.4 Å². The lowest BCUT2D eigenvalue weighted by atomic mass is 9.93. The van der Waals surface area contributed by atoms with E-state index in [0.29, 0.717) is 18.7 Å². The minimum absolute atomic E-state index is 0.0916. The van der Waals surface area contributed by atoms with E-state index in [2.05, 4.69) is 15.3 Å². The second-order valence-corrected chi connectivity index (χ2v) is 10.9. The van der Waals surface area contributed by atoms with Crippen molar-refractivity contribution >= 4 is 17.9 Å². The third-order valence-electron chi connectivity index (χ3n) is 6.45. The number of rotatable bonds is 7. The van der Waals surface area contributed by atoms with Crippen LogP contribution in [0.2, 0.25) is 0 Å². The molecule has 3 rings (SSSR count). The molecule has 39 heavy (non-hydrogen) atoms. The fourth-order valence-corrected chi connectivity index (χ4v) is 4.58. The van der Waals surface area contributed by atoms with Gasteiger partial charge in [0.15, 0.2) is 6.23 Å². The Balaban J connectivity index is 1.84. The number of fused-ring (bicyclic) bond motifs is 1. The van der Waals surface area contributed by atoms with Crippen molar-refractivity contribution in [2.24, 2.45) is 0 Å². The van der Waals surface area contributed by atoms with Crippen molar-refractivity contribution in [3.05, 3.63) is 23.3 Å². The lowest BCUT2D eigenvalue weighted by Gasteiger charge is -2.38. The molecule has 3 heterocycles. The number of alkyl halides is 4. The highest BCUT2D eigenvalue weighted by molar-refractivity contribution is 5.80. The number of carbonyl (C=O) groups is 3. The highest BCUT2D eigenvalue weighted by Crippen LogP contribution is 2.39. The van der Waals surface area contributed by atoms with Crippen LogP contribution in [0.5, 0.6) is 0 Å². The van der Waals surface area contributed by atoms with E-state index in [1.807, 2.05) is 6.92 Å². The zero-order valence-corrected chi connectivity index (χ0v) is 22.4. The van der Waals surface area contributed by atoms with Crippen molar-refractivity contribution in [2.75, 3.05) is 13.1 Å². The van der Waals surface area contributed by atoms with Gasteiger partial charge in [-0.2, -0.15) is 13.2 Å². The predicted octanol–water partition coefficient (Wildman–Crippen LogP) is 2.98. The molecule has 2 N–H and O–H groups in total. The third kappa shape index (κ3) is 7.99. The van der Waals surface area contributed by atoms with E-state index in [0.717, 1.165) is 16.0 Å². The summed E-state index contributed by atoms with van der Waals surface area (Å²) in [6, 6.07) is -1.18. The van der Waals surface area contributed by atoms with Crippen molar-refractivity contribution in [1.29, 1.82) is 0 Å². The molecule has 1 saturated heterocycles. The third-order valence-corrected chi connectivity index (χ3v) is 6.45. The molecule has 2 aliphatic heterocycles. The molecule has 0 radical (unpaired) electrons. The highest BCUT2D eigenvalue weighted by Gasteiger charge is 2.47. The first-order chi connectivity index (χ1) is 18.1. The Hall–Kier alpha value is -3.03. The Morgan fingerprint density at radius 1 is 1.28 bits per heavy atom. The van der Waals surface area contributed by atoms with E-state index in [-0.39, 0.29) is 30.6 Å². The van der Waals surface area contributed by atoms with Crippen molar-refractivity contribution in [3.63, 3.8) is 0 Å². The first-order valence-electron chi connectivity index (χ1n) is 12.9. The average molecular weight is 562 g/mol. The molecule has 1 fully saturated rings. The van der Waals surface area contributed by atoms with Crippen LogP contribution in [-0.2, 0) is 27.3 Å². The van der Waals surface area contributed by atoms with Gasteiger partial charge in [0.1, 0.15) is 23.5 Å². The van der Waals surface area contributed by atoms with E-state index in [1.165, 1.54) is 0 Å². The van der Waals surface area contributed by atoms with Gasteiger partial charge in [-0.05, 0) is 33.6 Å². The van der Waals surface area contributed by atoms with Gasteiger partial charge < -0.3 is 25.0 Å². The Morgan fingerprint density at radius 2 is 1.97 bits per heavy atom. The molecule has 0 spiro atoms. The maximum atomic E-state index is 14.1. The van der Waals surface area contributed by atoms with Crippen molar-refractivity contribution in [3.8, 4) is 0 Å². The van der Waals surface area contributed by atoms with E-state index in [9.17, 15) is 37.1 Å². The number of aryl methyl sites for hydroxylation is 1. The van der Waals surface area contributed by atoms with E-state index < -0.39 is 73.6 Å². The Labute approximate surface area is 224 Å². The molecule has 10 nitrogen and oxygen atoms in total. The van der Waals surface area contributed by atoms with Gasteiger partial charge in [-0.15, -0.1) is 0 Å². The number of alkyl carbamates (subject to hydrolysis) is 1. The van der Waals surface area contributed by atoms with Gasteiger partial charge in [0, 0.05) is 44.1 Å². The number of likely N-dealkylation sites (tertiary alicyclic amines) is 1. The van der Waals surface area contributed by atoms with Gasteiger partial charge in [0.05, 0.1) is 18.3 Å². The molecule has 4 atom stereocenters. The number of piperidine rings is 1. The van der Waals surface area contributed by atoms with Crippen LogP contribution in [-0.4, -0.2) is 86.1 Å². The summed E-state index contributed by atoms with van der Waals surface area (Å²) in [6.45, 7) is 5.38. The molecule has 218 valence electrons. The summed E-state index contributed by atoms with van der Waals surface area (Å²) in [5.41, 5.74) is -0.907. The minimum atomic E-state index is -4.67. The zero-order chi connectivity index (χ0) is 29.1. The SMILES string of the molecule is CCCc1ncc2c(n1)CN(C(=O)C[C@@H](CN1C(=O)CCC(F)C1O)NC(=O)OC(C)(C)C)CC2C(F)(F)F. The Morgan fingerprint density at radius 3 is 2.59 bits per heavy atom. The largest absolute Gasteiger partial charge is 0.444 e. The summed E-state index contributed by atoms with van der Waals surface area (Å²) in [6.07, 6.45) is -7.68. The number of aliphatic hydroxyl groups is 1. The second kappa shape index (κ2) is 12.0. The van der Waals surface area contributed by atoms with Gasteiger partial charge in [-0.3, -0.25) is 9.59 Å². The van der Waals surface area contributed by atoms with Crippen LogP contribution < -0.4 is 5.32 Å². The number of aliphatic hydroxyl groups excluding tert-OH is 1. The van der Waals surface area contributed by atoms with Crippen LogP contribution in [0.3, 0.4) is 0 Å². The van der Waals surface area contributed by atoms with E-state index in [4.69, 9.17) is 4.74 Å². The van der Waals surface area contributed by atoms with Gasteiger partial charge >= 0.3 is 12.3 Å². The number of ether oxygens (including phenoxy) is 1. The van der Waals surface area contributed by atoms with Gasteiger partial charge in [0.25, 0.3) is 0 Å². The fraction of sp³-hybridized carbons (Fsp3) is 0.720. The topological polar surface area (TPSA) is 125 Å². The summed E-state index contributed by atoms with van der Waals surface area (Å²) in [7, 11) is 0. The smallest absolute Gasteiger partial charge is 0.407 e. The summed E-state index contributed by atoms with van der Waals surface area (Å²) in [4.78, 5) is 48.3. The lowest BCUT2D eigenvalue weighted by Crippen LogP contribution is -2.56. The molecule has 1 aromatic heterocycles. The first-order valence-corrected chi connectivity index (χ1v) is 12.9. The number of aromatic nitrogens is 2. The van der Waals surface area contributed by atoms with Crippen LogP contribution in [0.15, 0.2) is 6.20 Å². The fourth-order valence-electron chi connectivity index (χ4n) is 4.58. The minimum Gasteiger partial charge on any atom is -0.444 e. The molecular weight excluding hydrogens is 526 g/mol. The number of hydrogen-bond acceptors (Lipinski definition) is 7. The quantitative estimate of drug-likeness (QED) is 0.491. The maximum absolute atomic E-state index is 14.1. The normalized spacial score (nSPS) is 22.8. The van der Waals surface area contributed by atoms with Crippen LogP contribution in [0.25, 0.3) is 0 Å². The number of halogens is 4. The first kappa shape index (κ1) is 30.5. The number of carbonyl (C=O) groups excluding carboxylic acids is 3. The number of nitrogens with one attached hydrogen (secondary N) is 1. The van der Waals surface area contributed by atoms with Crippen molar-refractivity contribution < 1.29 is 41.8 Å². The van der Waals surface area contributed by atoms with Crippen LogP contribution in [0, 0.1) is 0 Å². The van der Waals surface area contributed by atoms with E-state index >= 15 is 0 Å². The molecule has 2 aliphatic rings. The molecule has 3 unspecified atom stereocenters. The number of nitrogens with zero attached hydrogens (tertiary/aromatic N) is 4. The second-order valence-electron chi connectivity index (χ2n) is 10.9. The molecular formula is C25H35F4N5O5. The standard InChI is InChI=1S/C25H35F4N5O5/c1-5-6-19-30-10-15-16(25(27,28)29)12-33(13-18(15)32-19)21(36)9-14(31-23(38)39-24(2,3)4)11-34-20(35)8-7-17(26)22(34)37/h10,14,16-17,22,37H,5-9,11-13H2,1-4H3,(H,31,38)/t14-,16?,17?,22?/m0/s1. The van der Waals surface area contributed by atoms with Gasteiger partial charge in [-0.1, -0.05) is 6.92 Å². The molecule has 0 aromatic carbocycles. The lowest BCUT2D eigenvalue weighted by molar-refractivity contribution is -0.163. The molecule has 1 aromatic rings. The Kier molecular flexibility index (Phi) is 9.39. The summed E-state index contributed by atoms with van der Waals surface area (Å²) >= 11 is 0. The number of hydrogen-bond donors (Lipinski definition) is 2. The monoisotopic (exact) mass is 561 g/mol. The van der Waals surface area contributed by atoms with Crippen LogP contribution in [0.4, 0.5) is 22.4 Å². The zero-order valence-electron chi connectivity index (χ0n) is 22.4. The summed E-state index contributed by atoms with van der Waals surface area (Å²) in [5, 5.41) is 12.7. The van der Waals surface area contributed by atoms with Crippen molar-refractivity contribution in [2.45, 2.75) is 102 Å². The van der Waals surface area contributed by atoms with Gasteiger partial charge in [-0.25, -0.2) is 19.2 Å². The summed E-state index contributed by atoms with van der Waals surface area (Å²) < 4.78 is 61.2. The molecule has 0 aliphatic carbocycles. The van der Waals surface area contributed by atoms with Gasteiger partial charge in [0.2, 0.25) is 11.8 Å². The highest BCUT2D eigenvalue weighted by atomic mass is 19.4. The number of amides is 3. The molecule has 14 heteroatoms. The maximum Gasteiger partial charge on any atom is 0.407 e. The molecule has 0 saturated carbocycles.